The molecule has 0 aromatic heterocycles. The third-order valence-electron chi connectivity index (χ3n) is 3.07. The van der Waals surface area contributed by atoms with Crippen molar-refractivity contribution in [2.24, 2.45) is 5.16 Å². The van der Waals surface area contributed by atoms with Gasteiger partial charge in [-0.2, -0.15) is 0 Å². The molecule has 22 heavy (non-hydrogen) atoms. The molecule has 112 valence electrons. The normalized spacial score (nSPS) is 13.2. The van der Waals surface area contributed by atoms with E-state index in [0.29, 0.717) is 5.56 Å². The van der Waals surface area contributed by atoms with E-state index in [0.717, 1.165) is 9.79 Å². The van der Waals surface area contributed by atoms with Crippen LogP contribution in [0.2, 0.25) is 0 Å². The number of esters is 1. The van der Waals surface area contributed by atoms with Crippen LogP contribution in [0, 0.1) is 0 Å². The molecule has 0 fully saturated rings. The van der Waals surface area contributed by atoms with E-state index < -0.39 is 5.97 Å². The fraction of sp³-hybridized carbons (Fsp3) is 0.125. The molecule has 6 heteroatoms. The summed E-state index contributed by atoms with van der Waals surface area (Å²) >= 11 is 3.33. The summed E-state index contributed by atoms with van der Waals surface area (Å²) in [5, 5.41) is 12.2. The number of carbonyl (C=O) groups excluding carboxylic acids is 1. The maximum absolute atomic E-state index is 11.8. The molecule has 2 aromatic rings. The number of ether oxygens (including phenoxy) is 1. The molecular weight excluding hydrogens is 318 g/mol. The molecule has 2 aromatic carbocycles. The van der Waals surface area contributed by atoms with Crippen molar-refractivity contribution in [1.82, 2.24) is 0 Å². The molecule has 0 unspecified atom stereocenters. The van der Waals surface area contributed by atoms with E-state index in [1.165, 1.54) is 9.79 Å². The molecule has 0 radical (unpaired) electrons. The zero-order valence-electron chi connectivity index (χ0n) is 11.8. The first-order valence-electron chi connectivity index (χ1n) is 6.71. The van der Waals surface area contributed by atoms with E-state index in [2.05, 4.69) is 17.3 Å². The van der Waals surface area contributed by atoms with Crippen molar-refractivity contribution in [3.05, 3.63) is 48.0 Å². The summed E-state index contributed by atoms with van der Waals surface area (Å²) < 4.78 is 4.91. The quantitative estimate of drug-likeness (QED) is 0.340. The van der Waals surface area contributed by atoms with Gasteiger partial charge in [-0.05, 0) is 31.2 Å². The second-order valence-electron chi connectivity index (χ2n) is 4.48. The van der Waals surface area contributed by atoms with Crippen LogP contribution >= 0.6 is 23.5 Å². The van der Waals surface area contributed by atoms with Crippen molar-refractivity contribution in [2.45, 2.75) is 26.5 Å². The van der Waals surface area contributed by atoms with Gasteiger partial charge in [0.1, 0.15) is 0 Å². The highest BCUT2D eigenvalue weighted by atomic mass is 32.2. The lowest BCUT2D eigenvalue weighted by molar-refractivity contribution is -0.135. The van der Waals surface area contributed by atoms with Gasteiger partial charge in [0.05, 0.1) is 6.61 Å². The van der Waals surface area contributed by atoms with E-state index in [4.69, 9.17) is 9.94 Å². The van der Waals surface area contributed by atoms with Crippen LogP contribution in [-0.4, -0.2) is 23.5 Å². The number of carbonyl (C=O) groups is 1. The lowest BCUT2D eigenvalue weighted by atomic mass is 10.1. The summed E-state index contributed by atoms with van der Waals surface area (Å²) in [5.41, 5.74) is 0.473. The van der Waals surface area contributed by atoms with Gasteiger partial charge in [-0.1, -0.05) is 46.9 Å². The van der Waals surface area contributed by atoms with Crippen LogP contribution in [0.15, 0.2) is 67.2 Å². The van der Waals surface area contributed by atoms with Crippen molar-refractivity contribution >= 4 is 35.2 Å². The molecule has 1 heterocycles. The minimum atomic E-state index is -0.626. The van der Waals surface area contributed by atoms with Gasteiger partial charge >= 0.3 is 5.97 Å². The fourth-order valence-corrected chi connectivity index (χ4v) is 4.35. The molecule has 0 saturated heterocycles. The van der Waals surface area contributed by atoms with E-state index in [1.54, 1.807) is 36.5 Å². The Labute approximate surface area is 136 Å². The minimum Gasteiger partial charge on any atom is -0.461 e. The predicted octanol–water partition coefficient (Wildman–Crippen LogP) is 4.04. The summed E-state index contributed by atoms with van der Waals surface area (Å²) in [4.78, 5) is 16.4. The number of benzene rings is 2. The monoisotopic (exact) mass is 331 g/mol. The Morgan fingerprint density at radius 1 is 1.09 bits per heavy atom. The summed E-state index contributed by atoms with van der Waals surface area (Å²) in [6, 6.07) is 13.7. The molecule has 1 aliphatic rings. The molecule has 4 nitrogen and oxygen atoms in total. The first-order chi connectivity index (χ1) is 10.7. The van der Waals surface area contributed by atoms with Crippen LogP contribution < -0.4 is 0 Å². The molecule has 1 aliphatic heterocycles. The molecule has 0 spiro atoms. The molecule has 0 saturated carbocycles. The van der Waals surface area contributed by atoms with Crippen LogP contribution in [0.25, 0.3) is 0 Å². The molecule has 0 amide bonds. The summed E-state index contributed by atoms with van der Waals surface area (Å²) in [5.74, 6) is -0.626. The highest BCUT2D eigenvalue weighted by molar-refractivity contribution is 8.05. The van der Waals surface area contributed by atoms with Gasteiger partial charge in [-0.15, -0.1) is 0 Å². The molecule has 0 atom stereocenters. The number of oxime groups is 1. The number of fused-ring (bicyclic) bond motifs is 2. The maximum atomic E-state index is 11.8. The Morgan fingerprint density at radius 2 is 1.73 bits per heavy atom. The third-order valence-corrected chi connectivity index (χ3v) is 5.62. The Balaban J connectivity index is 1.94. The highest BCUT2D eigenvalue weighted by Gasteiger charge is 2.21. The maximum Gasteiger partial charge on any atom is 0.361 e. The van der Waals surface area contributed by atoms with Gasteiger partial charge in [-0.25, -0.2) is 4.79 Å². The lowest BCUT2D eigenvalue weighted by Crippen LogP contribution is -2.19. The predicted molar refractivity (Wildman–Crippen MR) is 86.1 cm³/mol. The van der Waals surface area contributed by atoms with E-state index in [9.17, 15) is 4.79 Å². The number of nitrogens with zero attached hydrogens (tertiary/aromatic N) is 1. The Hall–Kier alpha value is -1.92. The third kappa shape index (κ3) is 2.84. The number of rotatable bonds is 3. The van der Waals surface area contributed by atoms with Crippen molar-refractivity contribution in [3.63, 3.8) is 0 Å². The van der Waals surface area contributed by atoms with Crippen LogP contribution in [-0.2, 0) is 9.53 Å². The fourth-order valence-electron chi connectivity index (χ4n) is 2.09. The topological polar surface area (TPSA) is 58.9 Å². The van der Waals surface area contributed by atoms with Crippen LogP contribution in [0.1, 0.15) is 12.5 Å². The van der Waals surface area contributed by atoms with E-state index >= 15 is 0 Å². The number of hydrogen-bond donors (Lipinski definition) is 1. The second kappa shape index (κ2) is 6.46. The smallest absolute Gasteiger partial charge is 0.361 e. The Morgan fingerprint density at radius 3 is 2.36 bits per heavy atom. The Kier molecular flexibility index (Phi) is 4.40. The Bertz CT molecular complexity index is 759. The van der Waals surface area contributed by atoms with E-state index in [1.807, 2.05) is 24.3 Å². The minimum absolute atomic E-state index is 0.0749. The van der Waals surface area contributed by atoms with Crippen molar-refractivity contribution in [2.75, 3.05) is 6.61 Å². The highest BCUT2D eigenvalue weighted by Crippen LogP contribution is 2.48. The largest absolute Gasteiger partial charge is 0.461 e. The molecule has 0 aliphatic carbocycles. The summed E-state index contributed by atoms with van der Waals surface area (Å²) in [6.45, 7) is 1.95. The van der Waals surface area contributed by atoms with Gasteiger partial charge in [0.25, 0.3) is 0 Å². The van der Waals surface area contributed by atoms with Crippen LogP contribution in [0.5, 0.6) is 0 Å². The summed E-state index contributed by atoms with van der Waals surface area (Å²) in [6.07, 6.45) is 0. The average Bonchev–Trinajstić information content (AvgIpc) is 2.54. The number of hydrogen-bond acceptors (Lipinski definition) is 6. The SMILES string of the molecule is CCOC(=O)/C(=N\O)c1ccc2c(c1)Sc1ccccc1S2. The molecular formula is C16H13NO3S2. The summed E-state index contributed by atoms with van der Waals surface area (Å²) in [7, 11) is 0. The zero-order chi connectivity index (χ0) is 15.5. The van der Waals surface area contributed by atoms with Gasteiger partial charge in [-0.3, -0.25) is 0 Å². The first-order valence-corrected chi connectivity index (χ1v) is 8.34. The lowest BCUT2D eigenvalue weighted by Gasteiger charge is -2.18. The van der Waals surface area contributed by atoms with Crippen LogP contribution in [0.4, 0.5) is 0 Å². The van der Waals surface area contributed by atoms with Crippen molar-refractivity contribution in [3.8, 4) is 0 Å². The average molecular weight is 331 g/mol. The van der Waals surface area contributed by atoms with Crippen molar-refractivity contribution in [1.29, 1.82) is 0 Å². The standard InChI is InChI=1S/C16H13NO3S2/c1-2-20-16(18)15(17-19)10-7-8-13-14(9-10)22-12-6-4-3-5-11(12)21-13/h3-9,19H,2H2,1H3/b17-15-. The van der Waals surface area contributed by atoms with Gasteiger partial charge < -0.3 is 9.94 Å². The van der Waals surface area contributed by atoms with E-state index in [-0.39, 0.29) is 12.3 Å². The van der Waals surface area contributed by atoms with Gasteiger partial charge in [0, 0.05) is 25.1 Å². The van der Waals surface area contributed by atoms with Crippen molar-refractivity contribution < 1.29 is 14.7 Å². The molecule has 3 rings (SSSR count). The molecule has 1 N–H and O–H groups in total. The van der Waals surface area contributed by atoms with Gasteiger partial charge in [0.15, 0.2) is 5.71 Å². The van der Waals surface area contributed by atoms with Crippen LogP contribution in [0.3, 0.4) is 0 Å². The second-order valence-corrected chi connectivity index (χ2v) is 6.65. The zero-order valence-corrected chi connectivity index (χ0v) is 13.4. The first kappa shape index (κ1) is 15.0. The molecule has 0 bridgehead atoms. The van der Waals surface area contributed by atoms with Gasteiger partial charge in [0.2, 0.25) is 0 Å².